The van der Waals surface area contributed by atoms with Crippen LogP contribution in [0.5, 0.6) is 0 Å². The third-order valence-corrected chi connectivity index (χ3v) is 5.20. The number of nitrogens with zero attached hydrogens (tertiary/aromatic N) is 2. The summed E-state index contributed by atoms with van der Waals surface area (Å²) in [7, 11) is 0. The van der Waals surface area contributed by atoms with Crippen molar-refractivity contribution in [2.24, 2.45) is 0 Å². The number of benzene rings is 1. The molecule has 2 fully saturated rings. The molecule has 1 heterocycles. The van der Waals surface area contributed by atoms with Crippen LogP contribution in [0.4, 0.5) is 5.69 Å². The standard InChI is InChI=1S/C18H25BrN4O2/c1-13-2-5-16(15(19)10-13)21-18(25)12-23-8-6-22(7-9-23)11-17(24)20-14-3-4-14/h2,5,10,14H,3-4,6-9,11-12H2,1H3,(H,20,24)(H,21,25). The highest BCUT2D eigenvalue weighted by Gasteiger charge is 2.25. The van der Waals surface area contributed by atoms with Gasteiger partial charge in [0.2, 0.25) is 11.8 Å². The predicted octanol–water partition coefficient (Wildman–Crippen LogP) is 1.59. The first-order chi connectivity index (χ1) is 12.0. The van der Waals surface area contributed by atoms with E-state index < -0.39 is 0 Å². The number of halogens is 1. The van der Waals surface area contributed by atoms with Crippen molar-refractivity contribution in [2.45, 2.75) is 25.8 Å². The van der Waals surface area contributed by atoms with Crippen LogP contribution in [0, 0.1) is 6.92 Å². The van der Waals surface area contributed by atoms with Gasteiger partial charge in [0.05, 0.1) is 18.8 Å². The number of hydrogen-bond donors (Lipinski definition) is 2. The van der Waals surface area contributed by atoms with Crippen LogP contribution in [0.1, 0.15) is 18.4 Å². The molecule has 136 valence electrons. The van der Waals surface area contributed by atoms with Crippen LogP contribution >= 0.6 is 15.9 Å². The number of piperazine rings is 1. The van der Waals surface area contributed by atoms with Gasteiger partial charge in [-0.1, -0.05) is 6.07 Å². The molecule has 2 amide bonds. The highest BCUT2D eigenvalue weighted by atomic mass is 79.9. The maximum atomic E-state index is 12.3. The number of carbonyl (C=O) groups excluding carboxylic acids is 2. The Morgan fingerprint density at radius 3 is 2.24 bits per heavy atom. The molecule has 6 nitrogen and oxygen atoms in total. The van der Waals surface area contributed by atoms with E-state index in [1.54, 1.807) is 0 Å². The summed E-state index contributed by atoms with van der Waals surface area (Å²) in [6, 6.07) is 6.29. The van der Waals surface area contributed by atoms with Crippen molar-refractivity contribution in [3.05, 3.63) is 28.2 Å². The van der Waals surface area contributed by atoms with Crippen molar-refractivity contribution in [1.82, 2.24) is 15.1 Å². The fraction of sp³-hybridized carbons (Fsp3) is 0.556. The highest BCUT2D eigenvalue weighted by Crippen LogP contribution is 2.23. The molecule has 1 aliphatic heterocycles. The zero-order valence-electron chi connectivity index (χ0n) is 14.6. The predicted molar refractivity (Wildman–Crippen MR) is 102 cm³/mol. The molecule has 2 N–H and O–H groups in total. The second kappa shape index (κ2) is 8.29. The number of nitrogens with one attached hydrogen (secondary N) is 2. The Morgan fingerprint density at radius 1 is 1.08 bits per heavy atom. The monoisotopic (exact) mass is 408 g/mol. The van der Waals surface area contributed by atoms with Crippen LogP contribution in [-0.4, -0.2) is 66.9 Å². The third kappa shape index (κ3) is 5.80. The lowest BCUT2D eigenvalue weighted by molar-refractivity contribution is -0.123. The van der Waals surface area contributed by atoms with Gasteiger partial charge in [-0.15, -0.1) is 0 Å². The Hall–Kier alpha value is -1.44. The maximum absolute atomic E-state index is 12.3. The van der Waals surface area contributed by atoms with Gasteiger partial charge in [0, 0.05) is 36.7 Å². The van der Waals surface area contributed by atoms with Gasteiger partial charge in [-0.3, -0.25) is 19.4 Å². The third-order valence-electron chi connectivity index (χ3n) is 4.54. The lowest BCUT2D eigenvalue weighted by Crippen LogP contribution is -2.51. The Bertz CT molecular complexity index is 640. The van der Waals surface area contributed by atoms with Crippen LogP contribution in [-0.2, 0) is 9.59 Å². The first kappa shape index (κ1) is 18.4. The summed E-state index contributed by atoms with van der Waals surface area (Å²) in [5.41, 5.74) is 1.94. The summed E-state index contributed by atoms with van der Waals surface area (Å²) >= 11 is 3.48. The van der Waals surface area contributed by atoms with E-state index in [-0.39, 0.29) is 11.8 Å². The Kier molecular flexibility index (Phi) is 6.09. The average Bonchev–Trinajstić information content (AvgIpc) is 3.36. The molecule has 0 unspecified atom stereocenters. The van der Waals surface area contributed by atoms with Gasteiger partial charge < -0.3 is 10.6 Å². The molecule has 7 heteroatoms. The van der Waals surface area contributed by atoms with Crippen molar-refractivity contribution in [3.8, 4) is 0 Å². The van der Waals surface area contributed by atoms with Crippen LogP contribution in [0.25, 0.3) is 0 Å². The lowest BCUT2D eigenvalue weighted by atomic mass is 10.2. The summed E-state index contributed by atoms with van der Waals surface area (Å²) < 4.78 is 0.896. The molecular formula is C18H25BrN4O2. The fourth-order valence-electron chi connectivity index (χ4n) is 2.92. The van der Waals surface area contributed by atoms with Crippen molar-refractivity contribution in [3.63, 3.8) is 0 Å². The summed E-state index contributed by atoms with van der Waals surface area (Å²) in [6.45, 7) is 6.10. The van der Waals surface area contributed by atoms with Gasteiger partial charge in [-0.25, -0.2) is 0 Å². The highest BCUT2D eigenvalue weighted by molar-refractivity contribution is 9.10. The molecular weight excluding hydrogens is 384 g/mol. The molecule has 1 aromatic carbocycles. The zero-order valence-corrected chi connectivity index (χ0v) is 16.1. The average molecular weight is 409 g/mol. The molecule has 2 aliphatic rings. The molecule has 1 aliphatic carbocycles. The van der Waals surface area contributed by atoms with E-state index in [0.717, 1.165) is 54.7 Å². The number of carbonyl (C=O) groups is 2. The van der Waals surface area contributed by atoms with Crippen molar-refractivity contribution < 1.29 is 9.59 Å². The normalized spacial score (nSPS) is 18.8. The molecule has 0 bridgehead atoms. The number of hydrogen-bond acceptors (Lipinski definition) is 4. The van der Waals surface area contributed by atoms with E-state index in [4.69, 9.17) is 0 Å². The summed E-state index contributed by atoms with van der Waals surface area (Å²) in [4.78, 5) is 28.4. The number of aryl methyl sites for hydroxylation is 1. The van der Waals surface area contributed by atoms with Crippen molar-refractivity contribution >= 4 is 33.4 Å². The van der Waals surface area contributed by atoms with Gasteiger partial charge >= 0.3 is 0 Å². The Morgan fingerprint density at radius 2 is 1.68 bits per heavy atom. The van der Waals surface area contributed by atoms with E-state index in [9.17, 15) is 9.59 Å². The molecule has 1 saturated heterocycles. The quantitative estimate of drug-likeness (QED) is 0.749. The first-order valence-electron chi connectivity index (χ1n) is 8.79. The summed E-state index contributed by atoms with van der Waals surface area (Å²) in [6.07, 6.45) is 2.23. The topological polar surface area (TPSA) is 64.7 Å². The van der Waals surface area contributed by atoms with Crippen LogP contribution in [0.15, 0.2) is 22.7 Å². The maximum Gasteiger partial charge on any atom is 0.238 e. The van der Waals surface area contributed by atoms with Crippen LogP contribution in [0.2, 0.25) is 0 Å². The molecule has 1 aromatic rings. The van der Waals surface area contributed by atoms with Gasteiger partial charge in [0.25, 0.3) is 0 Å². The molecule has 25 heavy (non-hydrogen) atoms. The minimum absolute atomic E-state index is 0.00974. The molecule has 1 saturated carbocycles. The Balaban J connectivity index is 1.39. The van der Waals surface area contributed by atoms with Crippen molar-refractivity contribution in [1.29, 1.82) is 0 Å². The number of amides is 2. The van der Waals surface area contributed by atoms with E-state index in [2.05, 4.69) is 36.4 Å². The van der Waals surface area contributed by atoms with E-state index in [1.165, 1.54) is 0 Å². The van der Waals surface area contributed by atoms with Crippen molar-refractivity contribution in [2.75, 3.05) is 44.6 Å². The minimum atomic E-state index is -0.00974. The van der Waals surface area contributed by atoms with E-state index >= 15 is 0 Å². The van der Waals surface area contributed by atoms with Gasteiger partial charge in [0.1, 0.15) is 0 Å². The summed E-state index contributed by atoms with van der Waals surface area (Å²) in [5.74, 6) is 0.113. The second-order valence-electron chi connectivity index (χ2n) is 6.93. The fourth-order valence-corrected chi connectivity index (χ4v) is 3.52. The number of anilines is 1. The van der Waals surface area contributed by atoms with Crippen LogP contribution in [0.3, 0.4) is 0 Å². The van der Waals surface area contributed by atoms with E-state index in [0.29, 0.717) is 19.1 Å². The molecule has 0 atom stereocenters. The summed E-state index contributed by atoms with van der Waals surface area (Å²) in [5, 5.41) is 5.97. The first-order valence-corrected chi connectivity index (χ1v) is 9.59. The second-order valence-corrected chi connectivity index (χ2v) is 7.78. The Labute approximate surface area is 157 Å². The zero-order chi connectivity index (χ0) is 17.8. The van der Waals surface area contributed by atoms with Gasteiger partial charge in [0.15, 0.2) is 0 Å². The van der Waals surface area contributed by atoms with Gasteiger partial charge in [-0.2, -0.15) is 0 Å². The number of rotatable bonds is 6. The SMILES string of the molecule is Cc1ccc(NC(=O)CN2CCN(CC(=O)NC3CC3)CC2)c(Br)c1. The van der Waals surface area contributed by atoms with Gasteiger partial charge in [-0.05, 0) is 53.4 Å². The molecule has 0 aromatic heterocycles. The largest absolute Gasteiger partial charge is 0.352 e. The molecule has 0 radical (unpaired) electrons. The molecule has 3 rings (SSSR count). The van der Waals surface area contributed by atoms with E-state index in [1.807, 2.05) is 25.1 Å². The minimum Gasteiger partial charge on any atom is -0.352 e. The molecule has 0 spiro atoms. The van der Waals surface area contributed by atoms with Crippen LogP contribution < -0.4 is 10.6 Å². The lowest BCUT2D eigenvalue weighted by Gasteiger charge is -2.33. The smallest absolute Gasteiger partial charge is 0.238 e.